The van der Waals surface area contributed by atoms with E-state index in [-0.39, 0.29) is 0 Å². The van der Waals surface area contributed by atoms with Gasteiger partial charge in [-0.2, -0.15) is 0 Å². The molecule has 0 atom stereocenters. The molecule has 5 aromatic rings. The fraction of sp³-hybridized carbons (Fsp3) is 0.0909. The summed E-state index contributed by atoms with van der Waals surface area (Å²) in [7, 11) is 0. The molecule has 2 aromatic heterocycles. The number of para-hydroxylation sites is 4. The minimum absolute atomic E-state index is 0.631. The van der Waals surface area contributed by atoms with Crippen molar-refractivity contribution < 1.29 is 0 Å². The van der Waals surface area contributed by atoms with Gasteiger partial charge in [-0.15, -0.1) is 0 Å². The summed E-state index contributed by atoms with van der Waals surface area (Å²) >= 11 is 0. The second-order valence-corrected chi connectivity index (χ2v) is 6.53. The number of aromatic amines is 1. The Morgan fingerprint density at radius 1 is 0.808 bits per heavy atom. The Hall–Kier alpha value is -3.40. The Morgan fingerprint density at radius 2 is 1.58 bits per heavy atom. The summed E-state index contributed by atoms with van der Waals surface area (Å²) in [5.74, 6) is 0.924. The Labute approximate surface area is 150 Å². The summed E-state index contributed by atoms with van der Waals surface area (Å²) < 4.78 is 0. The molecule has 0 saturated carbocycles. The smallest absolute Gasteiger partial charge is 0.126 e. The van der Waals surface area contributed by atoms with Gasteiger partial charge in [-0.05, 0) is 30.7 Å². The second-order valence-electron chi connectivity index (χ2n) is 6.53. The molecule has 5 rings (SSSR count). The molecule has 126 valence electrons. The third-order valence-corrected chi connectivity index (χ3v) is 4.78. The van der Waals surface area contributed by atoms with E-state index in [9.17, 15) is 0 Å². The monoisotopic (exact) mass is 338 g/mol. The summed E-state index contributed by atoms with van der Waals surface area (Å²) in [5, 5.41) is 5.87. The molecule has 0 radical (unpaired) electrons. The van der Waals surface area contributed by atoms with Gasteiger partial charge in [0.1, 0.15) is 5.82 Å². The average Bonchev–Trinajstić information content (AvgIpc) is 3.09. The van der Waals surface area contributed by atoms with Crippen LogP contribution in [-0.2, 0) is 6.54 Å². The minimum atomic E-state index is 0.631. The number of H-pyrrole nitrogens is 1. The molecule has 4 nitrogen and oxygen atoms in total. The normalized spacial score (nSPS) is 11.4. The van der Waals surface area contributed by atoms with Crippen molar-refractivity contribution in [1.29, 1.82) is 0 Å². The Bertz CT molecular complexity index is 1220. The van der Waals surface area contributed by atoms with Crippen LogP contribution in [0.5, 0.6) is 0 Å². The summed E-state index contributed by atoms with van der Waals surface area (Å²) in [6, 6.07) is 22.7. The number of imidazole rings is 1. The molecule has 0 unspecified atom stereocenters. The first-order valence-electron chi connectivity index (χ1n) is 8.75. The van der Waals surface area contributed by atoms with E-state index in [0.29, 0.717) is 6.54 Å². The van der Waals surface area contributed by atoms with Gasteiger partial charge < -0.3 is 10.3 Å². The van der Waals surface area contributed by atoms with E-state index in [1.807, 2.05) is 30.3 Å². The fourth-order valence-electron chi connectivity index (χ4n) is 3.51. The number of fused-ring (bicyclic) bond motifs is 3. The van der Waals surface area contributed by atoms with Gasteiger partial charge in [0, 0.05) is 10.8 Å². The molecule has 3 aromatic carbocycles. The highest BCUT2D eigenvalue weighted by Gasteiger charge is 2.11. The van der Waals surface area contributed by atoms with Crippen LogP contribution in [0.15, 0.2) is 66.7 Å². The molecule has 0 saturated heterocycles. The topological polar surface area (TPSA) is 53.6 Å². The van der Waals surface area contributed by atoms with Crippen molar-refractivity contribution in [2.45, 2.75) is 13.5 Å². The number of nitrogens with zero attached hydrogens (tertiary/aromatic N) is 2. The van der Waals surface area contributed by atoms with Crippen LogP contribution in [0, 0.1) is 6.92 Å². The Morgan fingerprint density at radius 3 is 2.46 bits per heavy atom. The van der Waals surface area contributed by atoms with Crippen molar-refractivity contribution in [3.63, 3.8) is 0 Å². The molecule has 0 amide bonds. The maximum absolute atomic E-state index is 4.86. The summed E-state index contributed by atoms with van der Waals surface area (Å²) in [6.45, 7) is 2.73. The number of hydrogen-bond donors (Lipinski definition) is 2. The number of hydrogen-bond acceptors (Lipinski definition) is 3. The fourth-order valence-corrected chi connectivity index (χ4v) is 3.51. The molecule has 4 heteroatoms. The van der Waals surface area contributed by atoms with Gasteiger partial charge in [0.15, 0.2) is 0 Å². The van der Waals surface area contributed by atoms with Crippen LogP contribution in [0.25, 0.3) is 32.8 Å². The van der Waals surface area contributed by atoms with Crippen molar-refractivity contribution in [1.82, 2.24) is 15.0 Å². The standard InChI is InChI=1S/C22H18N4/c1-14-7-6-9-16-21(14)26-17-10-3-2-8-15(17)22(16)23-13-20-24-18-11-4-5-12-19(18)25-20/h2-12H,13H2,1H3,(H,23,26)(H,24,25). The number of aromatic nitrogens is 3. The highest BCUT2D eigenvalue weighted by atomic mass is 15.0. The highest BCUT2D eigenvalue weighted by Crippen LogP contribution is 2.32. The lowest BCUT2D eigenvalue weighted by Crippen LogP contribution is -2.03. The zero-order valence-electron chi connectivity index (χ0n) is 14.5. The lowest BCUT2D eigenvalue weighted by atomic mass is 10.0. The molecule has 0 fully saturated rings. The van der Waals surface area contributed by atoms with Crippen molar-refractivity contribution in [3.05, 3.63) is 78.1 Å². The van der Waals surface area contributed by atoms with Crippen molar-refractivity contribution in [3.8, 4) is 0 Å². The molecule has 0 aliphatic carbocycles. The third kappa shape index (κ3) is 2.39. The zero-order chi connectivity index (χ0) is 17.5. The molecule has 0 aliphatic rings. The first-order chi connectivity index (χ1) is 12.8. The largest absolute Gasteiger partial charge is 0.377 e. The van der Waals surface area contributed by atoms with E-state index in [4.69, 9.17) is 4.98 Å². The minimum Gasteiger partial charge on any atom is -0.377 e. The quantitative estimate of drug-likeness (QED) is 0.445. The molecule has 26 heavy (non-hydrogen) atoms. The van der Waals surface area contributed by atoms with Crippen LogP contribution >= 0.6 is 0 Å². The Balaban J connectivity index is 1.63. The van der Waals surface area contributed by atoms with Gasteiger partial charge in [0.2, 0.25) is 0 Å². The molecular formula is C22H18N4. The van der Waals surface area contributed by atoms with E-state index >= 15 is 0 Å². The maximum atomic E-state index is 4.86. The van der Waals surface area contributed by atoms with Crippen LogP contribution in [0.4, 0.5) is 5.69 Å². The van der Waals surface area contributed by atoms with Crippen molar-refractivity contribution in [2.75, 3.05) is 5.32 Å². The lowest BCUT2D eigenvalue weighted by molar-refractivity contribution is 1.01. The van der Waals surface area contributed by atoms with Gasteiger partial charge in [-0.25, -0.2) is 9.97 Å². The van der Waals surface area contributed by atoms with Crippen LogP contribution in [0.1, 0.15) is 11.4 Å². The number of aryl methyl sites for hydroxylation is 1. The van der Waals surface area contributed by atoms with Gasteiger partial charge in [0.05, 0.1) is 34.3 Å². The first kappa shape index (κ1) is 14.9. The SMILES string of the molecule is Cc1cccc2c(NCc3nc4ccccc4[nH]3)c3ccccc3nc12. The number of rotatable bonds is 3. The average molecular weight is 338 g/mol. The molecular weight excluding hydrogens is 320 g/mol. The zero-order valence-corrected chi connectivity index (χ0v) is 14.5. The molecule has 2 heterocycles. The van der Waals surface area contributed by atoms with E-state index in [2.05, 4.69) is 58.6 Å². The predicted octanol–water partition coefficient (Wildman–Crippen LogP) is 5.18. The van der Waals surface area contributed by atoms with E-state index < -0.39 is 0 Å². The van der Waals surface area contributed by atoms with E-state index in [1.54, 1.807) is 0 Å². The molecule has 0 aliphatic heterocycles. The molecule has 0 spiro atoms. The summed E-state index contributed by atoms with van der Waals surface area (Å²) in [6.07, 6.45) is 0. The highest BCUT2D eigenvalue weighted by molar-refractivity contribution is 6.08. The third-order valence-electron chi connectivity index (χ3n) is 4.78. The number of benzene rings is 3. The number of pyridine rings is 1. The van der Waals surface area contributed by atoms with E-state index in [0.717, 1.165) is 44.4 Å². The van der Waals surface area contributed by atoms with Crippen molar-refractivity contribution >= 4 is 38.5 Å². The lowest BCUT2D eigenvalue weighted by Gasteiger charge is -2.13. The van der Waals surface area contributed by atoms with E-state index in [1.165, 1.54) is 5.56 Å². The van der Waals surface area contributed by atoms with Gasteiger partial charge in [0.25, 0.3) is 0 Å². The van der Waals surface area contributed by atoms with Gasteiger partial charge >= 0.3 is 0 Å². The molecule has 2 N–H and O–H groups in total. The van der Waals surface area contributed by atoms with Gasteiger partial charge in [-0.1, -0.05) is 48.5 Å². The van der Waals surface area contributed by atoms with Crippen LogP contribution in [0.2, 0.25) is 0 Å². The van der Waals surface area contributed by atoms with Crippen LogP contribution in [-0.4, -0.2) is 15.0 Å². The predicted molar refractivity (Wildman–Crippen MR) is 107 cm³/mol. The Kier molecular flexibility index (Phi) is 3.35. The maximum Gasteiger partial charge on any atom is 0.126 e. The van der Waals surface area contributed by atoms with Crippen LogP contribution in [0.3, 0.4) is 0 Å². The van der Waals surface area contributed by atoms with Gasteiger partial charge in [-0.3, -0.25) is 0 Å². The van der Waals surface area contributed by atoms with Crippen LogP contribution < -0.4 is 5.32 Å². The summed E-state index contributed by atoms with van der Waals surface area (Å²) in [5.41, 5.74) is 6.38. The number of nitrogens with one attached hydrogen (secondary N) is 2. The second kappa shape index (κ2) is 5.85. The summed E-state index contributed by atoms with van der Waals surface area (Å²) in [4.78, 5) is 12.9. The molecule has 0 bridgehead atoms. The number of anilines is 1. The van der Waals surface area contributed by atoms with Crippen molar-refractivity contribution in [2.24, 2.45) is 0 Å². The first-order valence-corrected chi connectivity index (χ1v) is 8.75.